The van der Waals surface area contributed by atoms with Crippen molar-refractivity contribution in [1.29, 1.82) is 0 Å². The smallest absolute Gasteiger partial charge is 0.193 e. The Kier molecular flexibility index (Phi) is 5.84. The standard InChI is InChI=1S/C19H36N4/c1-3-20-18(23-13-10-19(16-23)8-7-9-19)21-14-17(2)15-22-11-5-4-6-12-22/h17H,3-16H2,1-2H3,(H,20,21). The van der Waals surface area contributed by atoms with Gasteiger partial charge in [-0.15, -0.1) is 0 Å². The van der Waals surface area contributed by atoms with Crippen molar-refractivity contribution in [3.8, 4) is 0 Å². The molecule has 1 unspecified atom stereocenters. The van der Waals surface area contributed by atoms with Crippen molar-refractivity contribution in [2.24, 2.45) is 16.3 Å². The first kappa shape index (κ1) is 17.1. The van der Waals surface area contributed by atoms with Crippen molar-refractivity contribution in [2.75, 3.05) is 45.8 Å². The Morgan fingerprint density at radius 3 is 2.48 bits per heavy atom. The maximum atomic E-state index is 4.99. The third-order valence-electron chi connectivity index (χ3n) is 6.06. The molecule has 0 aromatic rings. The van der Waals surface area contributed by atoms with E-state index in [1.54, 1.807) is 0 Å². The third kappa shape index (κ3) is 4.40. The van der Waals surface area contributed by atoms with E-state index in [1.165, 1.54) is 83.6 Å². The Labute approximate surface area is 142 Å². The summed E-state index contributed by atoms with van der Waals surface area (Å²) in [5.41, 5.74) is 0.648. The van der Waals surface area contributed by atoms with Crippen molar-refractivity contribution in [1.82, 2.24) is 15.1 Å². The zero-order valence-corrected chi connectivity index (χ0v) is 15.3. The van der Waals surface area contributed by atoms with Crippen molar-refractivity contribution in [3.05, 3.63) is 0 Å². The van der Waals surface area contributed by atoms with Gasteiger partial charge < -0.3 is 15.1 Å². The Hall–Kier alpha value is -0.770. The normalized spacial score (nSPS) is 26.3. The van der Waals surface area contributed by atoms with Crippen LogP contribution in [0.3, 0.4) is 0 Å². The van der Waals surface area contributed by atoms with Gasteiger partial charge in [-0.3, -0.25) is 4.99 Å². The molecule has 3 rings (SSSR count). The van der Waals surface area contributed by atoms with Crippen LogP contribution in [0.2, 0.25) is 0 Å². The zero-order valence-electron chi connectivity index (χ0n) is 15.3. The SMILES string of the molecule is CCNC(=NCC(C)CN1CCCCC1)N1CCC2(CCC2)C1. The Morgan fingerprint density at radius 2 is 1.87 bits per heavy atom. The van der Waals surface area contributed by atoms with Gasteiger partial charge in [-0.1, -0.05) is 19.8 Å². The van der Waals surface area contributed by atoms with Crippen LogP contribution in [0.4, 0.5) is 0 Å². The summed E-state index contributed by atoms with van der Waals surface area (Å²) in [7, 11) is 0. The molecule has 1 spiro atoms. The van der Waals surface area contributed by atoms with Crippen LogP contribution in [-0.2, 0) is 0 Å². The van der Waals surface area contributed by atoms with Gasteiger partial charge in [0.25, 0.3) is 0 Å². The number of guanidine groups is 1. The Balaban J connectivity index is 1.49. The fraction of sp³-hybridized carbons (Fsp3) is 0.947. The largest absolute Gasteiger partial charge is 0.357 e. The van der Waals surface area contributed by atoms with E-state index in [-0.39, 0.29) is 0 Å². The predicted octanol–water partition coefficient (Wildman–Crippen LogP) is 2.95. The zero-order chi connectivity index (χ0) is 16.1. The number of hydrogen-bond acceptors (Lipinski definition) is 2. The lowest BCUT2D eigenvalue weighted by molar-refractivity contribution is 0.151. The van der Waals surface area contributed by atoms with E-state index in [2.05, 4.69) is 29.0 Å². The Bertz CT molecular complexity index is 396. The summed E-state index contributed by atoms with van der Waals surface area (Å²) in [6, 6.07) is 0. The summed E-state index contributed by atoms with van der Waals surface area (Å²) in [6.07, 6.45) is 9.88. The summed E-state index contributed by atoms with van der Waals surface area (Å²) in [4.78, 5) is 10.1. The molecule has 0 bridgehead atoms. The molecule has 3 fully saturated rings. The van der Waals surface area contributed by atoms with Gasteiger partial charge in [0.05, 0.1) is 0 Å². The Morgan fingerprint density at radius 1 is 1.09 bits per heavy atom. The van der Waals surface area contributed by atoms with Gasteiger partial charge in [-0.2, -0.15) is 0 Å². The lowest BCUT2D eigenvalue weighted by Gasteiger charge is -2.38. The van der Waals surface area contributed by atoms with Crippen LogP contribution in [0.25, 0.3) is 0 Å². The highest BCUT2D eigenvalue weighted by Crippen LogP contribution is 2.47. The van der Waals surface area contributed by atoms with E-state index in [9.17, 15) is 0 Å². The molecule has 2 saturated heterocycles. The van der Waals surface area contributed by atoms with E-state index in [1.807, 2.05) is 0 Å². The molecule has 1 aliphatic carbocycles. The molecule has 0 aromatic carbocycles. The second kappa shape index (κ2) is 7.87. The molecule has 1 atom stereocenters. The number of aliphatic imine (C=N–C) groups is 1. The van der Waals surface area contributed by atoms with E-state index in [4.69, 9.17) is 4.99 Å². The number of likely N-dealkylation sites (tertiary alicyclic amines) is 2. The van der Waals surface area contributed by atoms with Crippen molar-refractivity contribution in [2.45, 2.75) is 58.8 Å². The van der Waals surface area contributed by atoms with Gasteiger partial charge in [0.1, 0.15) is 0 Å². The van der Waals surface area contributed by atoms with Gasteiger partial charge in [0, 0.05) is 32.7 Å². The second-order valence-electron chi connectivity index (χ2n) is 8.19. The fourth-order valence-electron chi connectivity index (χ4n) is 4.51. The van der Waals surface area contributed by atoms with E-state index in [0.29, 0.717) is 11.3 Å². The van der Waals surface area contributed by atoms with Crippen molar-refractivity contribution in [3.63, 3.8) is 0 Å². The number of nitrogens with zero attached hydrogens (tertiary/aromatic N) is 3. The second-order valence-corrected chi connectivity index (χ2v) is 8.19. The van der Waals surface area contributed by atoms with E-state index in [0.717, 1.165) is 13.1 Å². The molecule has 1 N–H and O–H groups in total. The van der Waals surface area contributed by atoms with Crippen LogP contribution in [0, 0.1) is 11.3 Å². The van der Waals surface area contributed by atoms with Gasteiger partial charge >= 0.3 is 0 Å². The maximum absolute atomic E-state index is 4.99. The first-order chi connectivity index (χ1) is 11.2. The maximum Gasteiger partial charge on any atom is 0.193 e. The van der Waals surface area contributed by atoms with Crippen molar-refractivity contribution < 1.29 is 0 Å². The molecule has 132 valence electrons. The highest BCUT2D eigenvalue weighted by atomic mass is 15.3. The predicted molar refractivity (Wildman–Crippen MR) is 97.9 cm³/mol. The molecule has 1 saturated carbocycles. The average Bonchev–Trinajstić information content (AvgIpc) is 2.98. The molecular formula is C19H36N4. The minimum atomic E-state index is 0.648. The number of hydrogen-bond donors (Lipinski definition) is 1. The van der Waals surface area contributed by atoms with Crippen LogP contribution < -0.4 is 5.32 Å². The molecular weight excluding hydrogens is 284 g/mol. The molecule has 3 aliphatic rings. The van der Waals surface area contributed by atoms with E-state index < -0.39 is 0 Å². The highest BCUT2D eigenvalue weighted by molar-refractivity contribution is 5.80. The van der Waals surface area contributed by atoms with Crippen LogP contribution in [-0.4, -0.2) is 61.6 Å². The summed E-state index contributed by atoms with van der Waals surface area (Å²) in [5.74, 6) is 1.82. The first-order valence-electron chi connectivity index (χ1n) is 9.96. The first-order valence-corrected chi connectivity index (χ1v) is 9.96. The topological polar surface area (TPSA) is 30.9 Å². The minimum Gasteiger partial charge on any atom is -0.357 e. The average molecular weight is 321 g/mol. The van der Waals surface area contributed by atoms with Gasteiger partial charge in [-0.05, 0) is 63.5 Å². The molecule has 2 aliphatic heterocycles. The summed E-state index contributed by atoms with van der Waals surface area (Å²) < 4.78 is 0. The third-order valence-corrected chi connectivity index (χ3v) is 6.06. The van der Waals surface area contributed by atoms with Crippen LogP contribution in [0.15, 0.2) is 4.99 Å². The van der Waals surface area contributed by atoms with E-state index >= 15 is 0 Å². The lowest BCUT2D eigenvalue weighted by atomic mass is 9.68. The molecule has 0 amide bonds. The fourth-order valence-corrected chi connectivity index (χ4v) is 4.51. The number of piperidine rings is 1. The highest BCUT2D eigenvalue weighted by Gasteiger charge is 2.43. The number of rotatable bonds is 5. The molecule has 4 heteroatoms. The summed E-state index contributed by atoms with van der Waals surface area (Å²) >= 11 is 0. The molecule has 2 heterocycles. The molecule has 0 aromatic heterocycles. The summed E-state index contributed by atoms with van der Waals surface area (Å²) in [5, 5.41) is 3.53. The minimum absolute atomic E-state index is 0.648. The lowest BCUT2D eigenvalue weighted by Crippen LogP contribution is -2.43. The summed E-state index contributed by atoms with van der Waals surface area (Å²) in [6.45, 7) is 12.7. The molecule has 4 nitrogen and oxygen atoms in total. The van der Waals surface area contributed by atoms with Gasteiger partial charge in [0.2, 0.25) is 0 Å². The van der Waals surface area contributed by atoms with Crippen LogP contribution >= 0.6 is 0 Å². The van der Waals surface area contributed by atoms with Crippen molar-refractivity contribution >= 4 is 5.96 Å². The quantitative estimate of drug-likeness (QED) is 0.624. The number of nitrogens with one attached hydrogen (secondary N) is 1. The van der Waals surface area contributed by atoms with Crippen LogP contribution in [0.5, 0.6) is 0 Å². The van der Waals surface area contributed by atoms with Gasteiger partial charge in [-0.25, -0.2) is 0 Å². The molecule has 23 heavy (non-hydrogen) atoms. The monoisotopic (exact) mass is 320 g/mol. The van der Waals surface area contributed by atoms with Crippen LogP contribution in [0.1, 0.15) is 58.8 Å². The van der Waals surface area contributed by atoms with Gasteiger partial charge in [0.15, 0.2) is 5.96 Å². The molecule has 0 radical (unpaired) electrons.